The fourth-order valence-electron chi connectivity index (χ4n) is 9.45. The molecule has 226 valence electrons. The molecule has 0 unspecified atom stereocenters. The fraction of sp³-hybridized carbons (Fsp3) is 0.703. The molecule has 4 nitrogen and oxygen atoms in total. The lowest BCUT2D eigenvalue weighted by molar-refractivity contribution is -0.148. The second-order valence-corrected chi connectivity index (χ2v) is 14.7. The highest BCUT2D eigenvalue weighted by Crippen LogP contribution is 2.66. The van der Waals surface area contributed by atoms with E-state index in [4.69, 9.17) is 9.47 Å². The zero-order chi connectivity index (χ0) is 29.5. The summed E-state index contributed by atoms with van der Waals surface area (Å²) in [6, 6.07) is 10.3. The van der Waals surface area contributed by atoms with Gasteiger partial charge in [-0.05, 0) is 84.5 Å². The molecule has 0 bridgehead atoms. The summed E-state index contributed by atoms with van der Waals surface area (Å²) in [5.74, 6) is 2.57. The number of esters is 1. The van der Waals surface area contributed by atoms with Crippen LogP contribution in [0.2, 0.25) is 0 Å². The number of rotatable bonds is 9. The van der Waals surface area contributed by atoms with Gasteiger partial charge in [-0.2, -0.15) is 0 Å². The van der Waals surface area contributed by atoms with Gasteiger partial charge in [0.1, 0.15) is 6.10 Å². The number of ether oxygens (including phenoxy) is 2. The largest absolute Gasteiger partial charge is 0.462 e. The van der Waals surface area contributed by atoms with E-state index >= 15 is 0 Å². The second-order valence-electron chi connectivity index (χ2n) is 14.7. The van der Waals surface area contributed by atoms with E-state index in [0.717, 1.165) is 37.7 Å². The maximum Gasteiger partial charge on any atom is 0.302 e. The summed E-state index contributed by atoms with van der Waals surface area (Å²) < 4.78 is 12.2. The van der Waals surface area contributed by atoms with Crippen molar-refractivity contribution >= 4 is 5.97 Å². The van der Waals surface area contributed by atoms with E-state index in [1.54, 1.807) is 0 Å². The van der Waals surface area contributed by atoms with E-state index < -0.39 is 6.10 Å². The van der Waals surface area contributed by atoms with Gasteiger partial charge < -0.3 is 14.6 Å². The van der Waals surface area contributed by atoms with E-state index in [1.165, 1.54) is 30.9 Å². The molecule has 10 atom stereocenters. The van der Waals surface area contributed by atoms with Gasteiger partial charge in [0.2, 0.25) is 0 Å². The van der Waals surface area contributed by atoms with Gasteiger partial charge in [-0.15, -0.1) is 0 Å². The van der Waals surface area contributed by atoms with Crippen LogP contribution in [0.5, 0.6) is 0 Å². The van der Waals surface area contributed by atoms with Crippen molar-refractivity contribution in [3.8, 4) is 0 Å². The van der Waals surface area contributed by atoms with Crippen LogP contribution >= 0.6 is 0 Å². The number of hydrogen-bond donors (Lipinski definition) is 1. The summed E-state index contributed by atoms with van der Waals surface area (Å²) in [5, 5.41) is 11.9. The number of aliphatic hydroxyl groups excluding tert-OH is 1. The van der Waals surface area contributed by atoms with Crippen LogP contribution in [0.15, 0.2) is 53.6 Å². The highest BCUT2D eigenvalue weighted by atomic mass is 16.5. The van der Waals surface area contributed by atoms with Crippen LogP contribution in [0.1, 0.15) is 99.0 Å². The third-order valence-corrected chi connectivity index (χ3v) is 12.2. The van der Waals surface area contributed by atoms with Crippen molar-refractivity contribution in [1.82, 2.24) is 0 Å². The van der Waals surface area contributed by atoms with E-state index in [0.29, 0.717) is 30.3 Å². The molecule has 1 aromatic rings. The molecule has 0 spiro atoms. The quantitative estimate of drug-likeness (QED) is 0.243. The number of carbonyl (C=O) groups excluding carboxylic acids is 1. The summed E-state index contributed by atoms with van der Waals surface area (Å²) in [7, 11) is 0. The zero-order valence-corrected chi connectivity index (χ0v) is 26.6. The lowest BCUT2D eigenvalue weighted by Gasteiger charge is -2.58. The third kappa shape index (κ3) is 5.73. The molecule has 0 saturated heterocycles. The number of carbonyl (C=O) groups is 1. The minimum atomic E-state index is -0.539. The summed E-state index contributed by atoms with van der Waals surface area (Å²) >= 11 is 0. The van der Waals surface area contributed by atoms with Crippen molar-refractivity contribution in [1.29, 1.82) is 0 Å². The molecule has 2 saturated carbocycles. The lowest BCUT2D eigenvalue weighted by atomic mass is 9.47. The van der Waals surface area contributed by atoms with Crippen LogP contribution in [0.4, 0.5) is 0 Å². The Labute approximate surface area is 249 Å². The second kappa shape index (κ2) is 12.0. The van der Waals surface area contributed by atoms with Crippen LogP contribution in [-0.4, -0.2) is 29.4 Å². The highest BCUT2D eigenvalue weighted by molar-refractivity contribution is 5.66. The lowest BCUT2D eigenvalue weighted by Crippen LogP contribution is -2.51. The van der Waals surface area contributed by atoms with E-state index in [-0.39, 0.29) is 40.8 Å². The summed E-state index contributed by atoms with van der Waals surface area (Å²) in [5.41, 5.74) is 4.51. The molecular weight excluding hydrogens is 508 g/mol. The van der Waals surface area contributed by atoms with Crippen molar-refractivity contribution in [3.05, 3.63) is 59.2 Å². The van der Waals surface area contributed by atoms with Crippen molar-refractivity contribution < 1.29 is 19.4 Å². The number of allylic oxidation sites excluding steroid dienone is 2. The first-order valence-electron chi connectivity index (χ1n) is 16.4. The van der Waals surface area contributed by atoms with Gasteiger partial charge in [0.05, 0.1) is 18.8 Å². The van der Waals surface area contributed by atoms with Crippen LogP contribution in [-0.2, 0) is 20.9 Å². The van der Waals surface area contributed by atoms with Crippen LogP contribution in [0.3, 0.4) is 0 Å². The Morgan fingerprint density at radius 1 is 0.976 bits per heavy atom. The predicted octanol–water partition coefficient (Wildman–Crippen LogP) is 8.29. The summed E-state index contributed by atoms with van der Waals surface area (Å²) in [6.07, 6.45) is 12.0. The fourth-order valence-corrected chi connectivity index (χ4v) is 9.45. The van der Waals surface area contributed by atoms with Crippen molar-refractivity contribution in [2.24, 2.45) is 46.3 Å². The molecular formula is C37H54O4. The number of aliphatic hydroxyl groups is 1. The Kier molecular flexibility index (Phi) is 8.94. The van der Waals surface area contributed by atoms with Crippen molar-refractivity contribution in [2.75, 3.05) is 0 Å². The summed E-state index contributed by atoms with van der Waals surface area (Å²) in [4.78, 5) is 11.6. The average Bonchev–Trinajstić information content (AvgIpc) is 3.30. The Hall–Kier alpha value is -1.91. The molecule has 5 rings (SSSR count). The SMILES string of the molecule is CC(=O)O[C@H]1CC[C@@]2(C)C(=CC[C@@H]3[C@@H]2CC[C@]2(C)C([C@H](C)[C@@H](O)[C@H](OCc4ccccc4)[C@@H](C)C(C)C)=CC[C@@H]32)C1. The molecule has 1 N–H and O–H groups in total. The normalized spacial score (nSPS) is 35.7. The van der Waals surface area contributed by atoms with Gasteiger partial charge in [0, 0.05) is 19.3 Å². The first kappa shape index (κ1) is 30.5. The molecule has 1 aromatic carbocycles. The standard InChI is InChI=1S/C37H54O4/c1-23(2)24(3)35(40-22-27-11-9-8-10-12-27)34(39)25(4)31-15-16-32-30-14-13-28-21-29(41-26(5)38)17-19-36(28,6)33(30)18-20-37(31,32)7/h8-13,15,23-25,29-30,32-35,39H,14,16-22H2,1-7H3/t24-,25-,29-,30-,32-,33-,34+,35+,36-,37+/m0/s1. The monoisotopic (exact) mass is 562 g/mol. The Balaban J connectivity index is 1.32. The average molecular weight is 563 g/mol. The summed E-state index contributed by atoms with van der Waals surface area (Å²) in [6.45, 7) is 16.0. The van der Waals surface area contributed by atoms with E-state index in [2.05, 4.69) is 78.0 Å². The van der Waals surface area contributed by atoms with E-state index in [1.807, 2.05) is 6.07 Å². The zero-order valence-electron chi connectivity index (χ0n) is 26.6. The van der Waals surface area contributed by atoms with Gasteiger partial charge in [-0.3, -0.25) is 4.79 Å². The van der Waals surface area contributed by atoms with Gasteiger partial charge in [0.25, 0.3) is 0 Å². The molecule has 4 aliphatic carbocycles. The van der Waals surface area contributed by atoms with Crippen LogP contribution < -0.4 is 0 Å². The Morgan fingerprint density at radius 3 is 2.37 bits per heavy atom. The molecule has 2 fully saturated rings. The van der Waals surface area contributed by atoms with Crippen LogP contribution in [0, 0.1) is 46.3 Å². The minimum absolute atomic E-state index is 0.0459. The number of hydrogen-bond acceptors (Lipinski definition) is 4. The highest BCUT2D eigenvalue weighted by Gasteiger charge is 2.57. The van der Waals surface area contributed by atoms with Crippen molar-refractivity contribution in [2.45, 2.75) is 118 Å². The Morgan fingerprint density at radius 2 is 1.68 bits per heavy atom. The van der Waals surface area contributed by atoms with Crippen molar-refractivity contribution in [3.63, 3.8) is 0 Å². The molecule has 0 aromatic heterocycles. The van der Waals surface area contributed by atoms with Gasteiger partial charge in [0.15, 0.2) is 0 Å². The molecule has 0 radical (unpaired) electrons. The third-order valence-electron chi connectivity index (χ3n) is 12.2. The minimum Gasteiger partial charge on any atom is -0.462 e. The molecule has 4 aliphatic rings. The maximum absolute atomic E-state index is 11.9. The van der Waals surface area contributed by atoms with Gasteiger partial charge >= 0.3 is 5.97 Å². The molecule has 0 heterocycles. The maximum atomic E-state index is 11.9. The Bertz CT molecular complexity index is 1140. The number of benzene rings is 1. The molecule has 41 heavy (non-hydrogen) atoms. The van der Waals surface area contributed by atoms with E-state index in [9.17, 15) is 9.90 Å². The first-order chi connectivity index (χ1) is 19.5. The molecule has 0 aliphatic heterocycles. The van der Waals surface area contributed by atoms with Gasteiger partial charge in [-0.1, -0.05) is 95.2 Å². The predicted molar refractivity (Wildman–Crippen MR) is 165 cm³/mol. The molecule has 4 heteroatoms. The topological polar surface area (TPSA) is 55.8 Å². The van der Waals surface area contributed by atoms with Crippen LogP contribution in [0.25, 0.3) is 0 Å². The van der Waals surface area contributed by atoms with Gasteiger partial charge in [-0.25, -0.2) is 0 Å². The smallest absolute Gasteiger partial charge is 0.302 e. The number of fused-ring (bicyclic) bond motifs is 5. The molecule has 0 amide bonds. The first-order valence-corrected chi connectivity index (χ1v) is 16.4.